The molecule has 3 aromatic heterocycles. The van der Waals surface area contributed by atoms with Crippen LogP contribution in [0.1, 0.15) is 12.8 Å². The van der Waals surface area contributed by atoms with Crippen molar-refractivity contribution in [1.29, 1.82) is 0 Å². The first-order chi connectivity index (χ1) is 19.0. The first-order valence-electron chi connectivity index (χ1n) is 12.9. The van der Waals surface area contributed by atoms with Crippen molar-refractivity contribution >= 4 is 35.1 Å². The van der Waals surface area contributed by atoms with E-state index in [1.54, 1.807) is 18.4 Å². The van der Waals surface area contributed by atoms with Gasteiger partial charge in [-0.3, -0.25) is 4.90 Å². The molecule has 0 aliphatic carbocycles. The van der Waals surface area contributed by atoms with Gasteiger partial charge in [-0.15, -0.1) is 5.10 Å². The highest BCUT2D eigenvalue weighted by Gasteiger charge is 2.24. The number of anilines is 3. The third-order valence-electron chi connectivity index (χ3n) is 6.86. The number of hydrogen-bond donors (Lipinski definition) is 2. The van der Waals surface area contributed by atoms with Gasteiger partial charge in [-0.1, -0.05) is 0 Å². The van der Waals surface area contributed by atoms with Crippen LogP contribution in [0.15, 0.2) is 34.9 Å². The lowest BCUT2D eigenvalue weighted by Crippen LogP contribution is -2.48. The third kappa shape index (κ3) is 5.71. The van der Waals surface area contributed by atoms with Crippen LogP contribution in [0.3, 0.4) is 0 Å². The highest BCUT2D eigenvalue weighted by molar-refractivity contribution is 7.99. The Morgan fingerprint density at radius 3 is 2.67 bits per heavy atom. The number of benzene rings is 1. The molecule has 14 heteroatoms. The number of nitrogens with zero attached hydrogens (tertiary/aromatic N) is 7. The normalized spacial score (nSPS) is 17.1. The molecule has 39 heavy (non-hydrogen) atoms. The highest BCUT2D eigenvalue weighted by atomic mass is 32.2. The number of aromatic nitrogens is 5. The van der Waals surface area contributed by atoms with Crippen molar-refractivity contribution in [3.63, 3.8) is 0 Å². The van der Waals surface area contributed by atoms with Gasteiger partial charge in [0.25, 0.3) is 5.78 Å². The van der Waals surface area contributed by atoms with E-state index in [2.05, 4.69) is 30.3 Å². The Hall–Kier alpha value is -3.65. The molecular weight excluding hydrogens is 528 g/mol. The number of nitrogens with two attached hydrogens (primary N) is 1. The number of nitrogen functional groups attached to an aromatic ring is 1. The average molecular weight is 558 g/mol. The van der Waals surface area contributed by atoms with Gasteiger partial charge in [0, 0.05) is 51.4 Å². The van der Waals surface area contributed by atoms with Gasteiger partial charge in [-0.2, -0.15) is 31.2 Å². The molecular formula is C25H29F2N9O2S. The molecule has 1 aromatic carbocycles. The van der Waals surface area contributed by atoms with Crippen LogP contribution in [-0.4, -0.2) is 86.3 Å². The lowest BCUT2D eigenvalue weighted by atomic mass is 10.2. The summed E-state index contributed by atoms with van der Waals surface area (Å²) in [5.41, 5.74) is 6.44. The Labute approximate surface area is 227 Å². The fourth-order valence-electron chi connectivity index (χ4n) is 4.76. The standard InChI is InChI=1S/C25H29F2N9O2S/c26-17-14-18(27)21(38-16-3-12-39-13-4-16)15-19(17)35-9-7-34(8-10-35)6-5-29-24-31-23(28)36-25(32-24)30-22(33-36)20-2-1-11-37-20/h1-2,11,14-16H,3-10,12-13H2,(H3,28,29,30,31,32,33). The van der Waals surface area contributed by atoms with Gasteiger partial charge >= 0.3 is 0 Å². The van der Waals surface area contributed by atoms with Crippen LogP contribution in [-0.2, 0) is 0 Å². The van der Waals surface area contributed by atoms with Crippen molar-refractivity contribution in [2.45, 2.75) is 18.9 Å². The molecule has 0 unspecified atom stereocenters. The molecule has 3 N–H and O–H groups in total. The molecule has 206 valence electrons. The SMILES string of the molecule is Nc1nc(NCCN2CCN(c3cc(OC4CCSCC4)c(F)cc3F)CC2)nc2nc(-c3ccco3)nn12. The summed E-state index contributed by atoms with van der Waals surface area (Å²) in [4.78, 5) is 17.2. The molecule has 11 nitrogen and oxygen atoms in total. The molecule has 4 aromatic rings. The quantitative estimate of drug-likeness (QED) is 0.332. The van der Waals surface area contributed by atoms with E-state index >= 15 is 0 Å². The van der Waals surface area contributed by atoms with Crippen LogP contribution >= 0.6 is 11.8 Å². The molecule has 0 radical (unpaired) electrons. The molecule has 2 fully saturated rings. The number of fused-ring (bicyclic) bond motifs is 1. The van der Waals surface area contributed by atoms with E-state index in [1.165, 1.54) is 10.6 Å². The van der Waals surface area contributed by atoms with Gasteiger partial charge in [0.15, 0.2) is 17.3 Å². The minimum absolute atomic E-state index is 0.0220. The molecule has 2 aliphatic rings. The van der Waals surface area contributed by atoms with E-state index in [-0.39, 0.29) is 17.8 Å². The Morgan fingerprint density at radius 2 is 1.90 bits per heavy atom. The second-order valence-corrected chi connectivity index (χ2v) is 10.7. The smallest absolute Gasteiger partial charge is 0.259 e. The monoisotopic (exact) mass is 557 g/mol. The minimum Gasteiger partial charge on any atom is -0.487 e. The topological polar surface area (TPSA) is 123 Å². The van der Waals surface area contributed by atoms with Crippen LogP contribution < -0.4 is 20.7 Å². The Bertz CT molecular complexity index is 1420. The summed E-state index contributed by atoms with van der Waals surface area (Å²) in [7, 11) is 0. The summed E-state index contributed by atoms with van der Waals surface area (Å²) < 4.78 is 41.7. The molecule has 2 aliphatic heterocycles. The van der Waals surface area contributed by atoms with Gasteiger partial charge in [0.2, 0.25) is 17.7 Å². The lowest BCUT2D eigenvalue weighted by Gasteiger charge is -2.36. The second kappa shape index (κ2) is 11.2. The average Bonchev–Trinajstić information content (AvgIpc) is 3.62. The summed E-state index contributed by atoms with van der Waals surface area (Å²) >= 11 is 1.87. The Balaban J connectivity index is 1.03. The largest absolute Gasteiger partial charge is 0.487 e. The molecule has 0 saturated carbocycles. The molecule has 6 rings (SSSR count). The van der Waals surface area contributed by atoms with Crippen molar-refractivity contribution in [1.82, 2.24) is 29.5 Å². The first kappa shape index (κ1) is 25.6. The van der Waals surface area contributed by atoms with Gasteiger partial charge in [0.1, 0.15) is 11.9 Å². The number of halogens is 2. The van der Waals surface area contributed by atoms with Crippen LogP contribution in [0.4, 0.5) is 26.4 Å². The van der Waals surface area contributed by atoms with Crippen LogP contribution in [0.5, 0.6) is 5.75 Å². The molecule has 5 heterocycles. The van der Waals surface area contributed by atoms with Crippen molar-refractivity contribution < 1.29 is 17.9 Å². The van der Waals surface area contributed by atoms with Crippen LogP contribution in [0.25, 0.3) is 17.4 Å². The number of nitrogens with one attached hydrogen (secondary N) is 1. The maximum atomic E-state index is 14.7. The van der Waals surface area contributed by atoms with Gasteiger partial charge in [0.05, 0.1) is 12.0 Å². The van der Waals surface area contributed by atoms with E-state index in [0.717, 1.165) is 50.0 Å². The van der Waals surface area contributed by atoms with E-state index in [9.17, 15) is 8.78 Å². The summed E-state index contributed by atoms with van der Waals surface area (Å²) in [6, 6.07) is 5.96. The Kier molecular flexibility index (Phi) is 7.37. The summed E-state index contributed by atoms with van der Waals surface area (Å²) in [6.45, 7) is 4.00. The fourth-order valence-corrected chi connectivity index (χ4v) is 5.82. The van der Waals surface area contributed by atoms with Crippen molar-refractivity contribution in [2.24, 2.45) is 0 Å². The van der Waals surface area contributed by atoms with Gasteiger partial charge in [-0.25, -0.2) is 8.78 Å². The molecule has 0 amide bonds. The lowest BCUT2D eigenvalue weighted by molar-refractivity contribution is 0.183. The zero-order valence-corrected chi connectivity index (χ0v) is 22.0. The number of ether oxygens (including phenoxy) is 1. The summed E-state index contributed by atoms with van der Waals surface area (Å²) in [6.07, 6.45) is 3.27. The predicted octanol–water partition coefficient (Wildman–Crippen LogP) is 3.15. The Morgan fingerprint density at radius 1 is 1.08 bits per heavy atom. The molecule has 0 bridgehead atoms. The number of hydrogen-bond acceptors (Lipinski definition) is 11. The number of furan rings is 1. The second-order valence-electron chi connectivity index (χ2n) is 9.45. The zero-order valence-electron chi connectivity index (χ0n) is 21.2. The zero-order chi connectivity index (χ0) is 26.8. The molecule has 0 spiro atoms. The van der Waals surface area contributed by atoms with E-state index < -0.39 is 11.6 Å². The maximum absolute atomic E-state index is 14.7. The fraction of sp³-hybridized carbons (Fsp3) is 0.440. The number of piperazine rings is 1. The van der Waals surface area contributed by atoms with Crippen molar-refractivity contribution in [2.75, 3.05) is 66.7 Å². The van der Waals surface area contributed by atoms with E-state index in [4.69, 9.17) is 14.9 Å². The van der Waals surface area contributed by atoms with Crippen LogP contribution in [0, 0.1) is 11.6 Å². The predicted molar refractivity (Wildman–Crippen MR) is 145 cm³/mol. The summed E-state index contributed by atoms with van der Waals surface area (Å²) in [5.74, 6) is 2.64. The first-order valence-corrected chi connectivity index (χ1v) is 14.1. The van der Waals surface area contributed by atoms with E-state index in [1.807, 2.05) is 16.7 Å². The maximum Gasteiger partial charge on any atom is 0.259 e. The summed E-state index contributed by atoms with van der Waals surface area (Å²) in [5, 5.41) is 7.48. The van der Waals surface area contributed by atoms with Gasteiger partial charge < -0.3 is 25.1 Å². The number of thioether (sulfide) groups is 1. The van der Waals surface area contributed by atoms with Gasteiger partial charge in [-0.05, 0) is 36.5 Å². The van der Waals surface area contributed by atoms with Crippen molar-refractivity contribution in [3.05, 3.63) is 42.2 Å². The third-order valence-corrected chi connectivity index (χ3v) is 7.91. The minimum atomic E-state index is -0.649. The molecule has 0 atom stereocenters. The molecule has 2 saturated heterocycles. The highest BCUT2D eigenvalue weighted by Crippen LogP contribution is 2.31. The van der Waals surface area contributed by atoms with Crippen molar-refractivity contribution in [3.8, 4) is 17.3 Å². The number of rotatable bonds is 8. The van der Waals surface area contributed by atoms with E-state index in [0.29, 0.717) is 48.6 Å². The van der Waals surface area contributed by atoms with Crippen LogP contribution in [0.2, 0.25) is 0 Å².